The third kappa shape index (κ3) is 3.72. The molecule has 124 valence electrons. The lowest BCUT2D eigenvalue weighted by molar-refractivity contribution is 0.0940. The van der Waals surface area contributed by atoms with Gasteiger partial charge in [-0.1, -0.05) is 48.5 Å². The Labute approximate surface area is 145 Å². The Kier molecular flexibility index (Phi) is 4.86. The van der Waals surface area contributed by atoms with Gasteiger partial charge in [0, 0.05) is 12.1 Å². The van der Waals surface area contributed by atoms with E-state index in [9.17, 15) is 4.79 Å². The number of carbonyl (C=O) groups is 1. The predicted octanol–water partition coefficient (Wildman–Crippen LogP) is 2.82. The van der Waals surface area contributed by atoms with Gasteiger partial charge in [-0.2, -0.15) is 5.26 Å². The van der Waals surface area contributed by atoms with E-state index in [0.717, 1.165) is 11.3 Å². The summed E-state index contributed by atoms with van der Waals surface area (Å²) in [5.41, 5.74) is 1.68. The lowest BCUT2D eigenvalue weighted by Crippen LogP contribution is -2.28. The Bertz CT molecular complexity index is 840. The summed E-state index contributed by atoms with van der Waals surface area (Å²) >= 11 is 0. The Hall–Kier alpha value is -3.46. The number of nitrogens with one attached hydrogen (secondary N) is 1. The van der Waals surface area contributed by atoms with Gasteiger partial charge in [0.15, 0.2) is 5.82 Å². The highest BCUT2D eigenvalue weighted by Crippen LogP contribution is 2.20. The fraction of sp³-hybridized carbons (Fsp3) is 0.158. The maximum atomic E-state index is 12.3. The van der Waals surface area contributed by atoms with Gasteiger partial charge < -0.3 is 5.32 Å². The summed E-state index contributed by atoms with van der Waals surface area (Å²) < 4.78 is 1.65. The number of aromatic nitrogens is 3. The Morgan fingerprint density at radius 3 is 2.44 bits per heavy atom. The number of hydrogen-bond acceptors (Lipinski definition) is 4. The van der Waals surface area contributed by atoms with E-state index < -0.39 is 5.91 Å². The monoisotopic (exact) mass is 331 g/mol. The second kappa shape index (κ2) is 7.41. The number of hydrogen-bond donors (Lipinski definition) is 1. The highest BCUT2D eigenvalue weighted by atomic mass is 16.2. The first-order valence-electron chi connectivity index (χ1n) is 7.94. The highest BCUT2D eigenvalue weighted by Gasteiger charge is 2.18. The average Bonchev–Trinajstić information content (AvgIpc) is 3.12. The maximum Gasteiger partial charge on any atom is 0.291 e. The molecule has 0 fully saturated rings. The minimum absolute atomic E-state index is 0.0767. The number of para-hydroxylation sites is 1. The predicted molar refractivity (Wildman–Crippen MR) is 93.9 cm³/mol. The number of rotatable bonds is 5. The first-order chi connectivity index (χ1) is 12.2. The van der Waals surface area contributed by atoms with Crippen molar-refractivity contribution in [1.29, 1.82) is 5.26 Å². The second-order valence-corrected chi connectivity index (χ2v) is 5.61. The van der Waals surface area contributed by atoms with Crippen molar-refractivity contribution in [3.05, 3.63) is 66.5 Å². The number of nitriles is 1. The SMILES string of the molecule is CC(C#N)CNC(=O)c1nc(-c2ccccc2)n(-c2ccccc2)n1. The fourth-order valence-corrected chi connectivity index (χ4v) is 2.30. The Balaban J connectivity index is 1.98. The molecule has 1 amide bonds. The van der Waals surface area contributed by atoms with Crippen LogP contribution < -0.4 is 5.32 Å². The zero-order chi connectivity index (χ0) is 17.6. The standard InChI is InChI=1S/C19H17N5O/c1-14(12-20)13-21-19(25)17-22-18(15-8-4-2-5-9-15)24(23-17)16-10-6-3-7-11-16/h2-11,14H,13H2,1H3,(H,21,25). The number of amides is 1. The molecule has 1 aromatic heterocycles. The molecule has 0 saturated carbocycles. The summed E-state index contributed by atoms with van der Waals surface area (Å²) in [6.07, 6.45) is 0. The molecule has 3 rings (SSSR count). The van der Waals surface area contributed by atoms with Crippen LogP contribution in [0.4, 0.5) is 0 Å². The largest absolute Gasteiger partial charge is 0.348 e. The van der Waals surface area contributed by atoms with Gasteiger partial charge in [-0.25, -0.2) is 9.67 Å². The first-order valence-corrected chi connectivity index (χ1v) is 7.94. The molecule has 1 heterocycles. The molecule has 1 unspecified atom stereocenters. The van der Waals surface area contributed by atoms with Gasteiger partial charge in [0.1, 0.15) is 0 Å². The topological polar surface area (TPSA) is 83.6 Å². The van der Waals surface area contributed by atoms with Crippen molar-refractivity contribution in [2.24, 2.45) is 5.92 Å². The van der Waals surface area contributed by atoms with Crippen molar-refractivity contribution in [3.8, 4) is 23.1 Å². The van der Waals surface area contributed by atoms with E-state index in [0.29, 0.717) is 5.82 Å². The molecule has 2 aromatic carbocycles. The third-order valence-corrected chi connectivity index (χ3v) is 3.63. The minimum Gasteiger partial charge on any atom is -0.348 e. The van der Waals surface area contributed by atoms with Crippen molar-refractivity contribution in [1.82, 2.24) is 20.1 Å². The van der Waals surface area contributed by atoms with E-state index in [1.54, 1.807) is 11.6 Å². The van der Waals surface area contributed by atoms with Gasteiger partial charge in [0.05, 0.1) is 17.7 Å². The summed E-state index contributed by atoms with van der Waals surface area (Å²) in [6, 6.07) is 21.2. The second-order valence-electron chi connectivity index (χ2n) is 5.61. The molecule has 1 N–H and O–H groups in total. The number of benzene rings is 2. The van der Waals surface area contributed by atoms with E-state index in [1.165, 1.54) is 0 Å². The third-order valence-electron chi connectivity index (χ3n) is 3.63. The molecule has 0 bridgehead atoms. The fourth-order valence-electron chi connectivity index (χ4n) is 2.30. The molecule has 0 radical (unpaired) electrons. The van der Waals surface area contributed by atoms with E-state index in [4.69, 9.17) is 5.26 Å². The molecule has 1 atom stereocenters. The van der Waals surface area contributed by atoms with Crippen molar-refractivity contribution in [2.75, 3.05) is 6.54 Å². The van der Waals surface area contributed by atoms with Crippen LogP contribution in [0, 0.1) is 17.2 Å². The normalized spacial score (nSPS) is 11.5. The van der Waals surface area contributed by atoms with Crippen molar-refractivity contribution < 1.29 is 4.79 Å². The first kappa shape index (κ1) is 16.4. The number of nitrogens with zero attached hydrogens (tertiary/aromatic N) is 4. The molecule has 0 saturated heterocycles. The van der Waals surface area contributed by atoms with Gasteiger partial charge >= 0.3 is 0 Å². The van der Waals surface area contributed by atoms with Crippen LogP contribution in [0.15, 0.2) is 60.7 Å². The van der Waals surface area contributed by atoms with Gasteiger partial charge in [0.2, 0.25) is 5.82 Å². The lowest BCUT2D eigenvalue weighted by atomic mass is 10.2. The van der Waals surface area contributed by atoms with Gasteiger partial charge in [0.25, 0.3) is 5.91 Å². The van der Waals surface area contributed by atoms with Crippen LogP contribution in [-0.2, 0) is 0 Å². The summed E-state index contributed by atoms with van der Waals surface area (Å²) in [7, 11) is 0. The molecular weight excluding hydrogens is 314 g/mol. The number of carbonyl (C=O) groups excluding carboxylic acids is 1. The van der Waals surface area contributed by atoms with E-state index in [1.807, 2.05) is 60.7 Å². The lowest BCUT2D eigenvalue weighted by Gasteiger charge is -2.05. The van der Waals surface area contributed by atoms with Crippen LogP contribution >= 0.6 is 0 Å². The summed E-state index contributed by atoms with van der Waals surface area (Å²) in [4.78, 5) is 16.8. The van der Waals surface area contributed by atoms with Gasteiger partial charge in [-0.15, -0.1) is 5.10 Å². The maximum absolute atomic E-state index is 12.3. The van der Waals surface area contributed by atoms with Crippen LogP contribution in [0.2, 0.25) is 0 Å². The van der Waals surface area contributed by atoms with Crippen LogP contribution in [0.1, 0.15) is 17.5 Å². The molecule has 25 heavy (non-hydrogen) atoms. The van der Waals surface area contributed by atoms with E-state index >= 15 is 0 Å². The summed E-state index contributed by atoms with van der Waals surface area (Å²) in [5, 5.41) is 15.9. The van der Waals surface area contributed by atoms with Crippen LogP contribution in [-0.4, -0.2) is 27.2 Å². The molecule has 0 aliphatic rings. The zero-order valence-electron chi connectivity index (χ0n) is 13.8. The van der Waals surface area contributed by atoms with Crippen molar-refractivity contribution in [3.63, 3.8) is 0 Å². The molecule has 3 aromatic rings. The van der Waals surface area contributed by atoms with Crippen LogP contribution in [0.25, 0.3) is 17.1 Å². The summed E-state index contributed by atoms with van der Waals surface area (Å²) in [5.74, 6) is 0.000780. The summed E-state index contributed by atoms with van der Waals surface area (Å²) in [6.45, 7) is 2.00. The molecular formula is C19H17N5O. The van der Waals surface area contributed by atoms with Gasteiger partial charge in [-0.3, -0.25) is 4.79 Å². The van der Waals surface area contributed by atoms with Crippen molar-refractivity contribution >= 4 is 5.91 Å². The molecule has 0 aliphatic carbocycles. The molecule has 0 aliphatic heterocycles. The smallest absolute Gasteiger partial charge is 0.291 e. The Morgan fingerprint density at radius 1 is 1.16 bits per heavy atom. The van der Waals surface area contributed by atoms with E-state index in [-0.39, 0.29) is 18.3 Å². The molecule has 6 nitrogen and oxygen atoms in total. The van der Waals surface area contributed by atoms with Crippen LogP contribution in [0.5, 0.6) is 0 Å². The highest BCUT2D eigenvalue weighted by molar-refractivity contribution is 5.91. The van der Waals surface area contributed by atoms with Crippen molar-refractivity contribution in [2.45, 2.75) is 6.92 Å². The quantitative estimate of drug-likeness (QED) is 0.779. The van der Waals surface area contributed by atoms with E-state index in [2.05, 4.69) is 21.5 Å². The minimum atomic E-state index is -0.394. The molecule has 6 heteroatoms. The Morgan fingerprint density at radius 2 is 1.80 bits per heavy atom. The van der Waals surface area contributed by atoms with Gasteiger partial charge in [-0.05, 0) is 19.1 Å². The molecule has 0 spiro atoms. The average molecular weight is 331 g/mol. The van der Waals surface area contributed by atoms with Crippen LogP contribution in [0.3, 0.4) is 0 Å². The zero-order valence-corrected chi connectivity index (χ0v) is 13.8.